The highest BCUT2D eigenvalue weighted by Crippen LogP contribution is 2.61. The number of benzene rings is 1. The molecular formula is C39H55N3O9Si. The first-order valence-corrected chi connectivity index (χ1v) is 20.9. The Labute approximate surface area is 308 Å². The SMILES string of the molecule is C=C1[C@@H]2Cc3c(N(C)C)ccc(OC(=O)OC(C)(C)C)c3C(=O)C2=C(O)[C@]2(O[Si](C)(C)C(C)(C)C)C(=O)c3c(OCCCC)noc3[C@@H](N(C)C)[C@H]12. The summed E-state index contributed by atoms with van der Waals surface area (Å²) in [6, 6.07) is 2.66. The van der Waals surface area contributed by atoms with Gasteiger partial charge in [0.05, 0.1) is 18.2 Å². The molecule has 0 unspecified atom stereocenters. The molecule has 13 heteroatoms. The number of aliphatic hydroxyl groups is 1. The maximum Gasteiger partial charge on any atom is 0.514 e. The van der Waals surface area contributed by atoms with E-state index in [0.717, 1.165) is 18.5 Å². The van der Waals surface area contributed by atoms with E-state index in [2.05, 4.69) is 11.7 Å². The molecule has 3 aliphatic carbocycles. The van der Waals surface area contributed by atoms with Crippen LogP contribution in [0.2, 0.25) is 18.1 Å². The van der Waals surface area contributed by atoms with E-state index < -0.39 is 65.9 Å². The molecule has 0 saturated heterocycles. The highest BCUT2D eigenvalue weighted by Gasteiger charge is 2.68. The van der Waals surface area contributed by atoms with Crippen molar-refractivity contribution in [1.82, 2.24) is 10.1 Å². The van der Waals surface area contributed by atoms with Crippen molar-refractivity contribution in [3.8, 4) is 11.6 Å². The summed E-state index contributed by atoms with van der Waals surface area (Å²) < 4.78 is 30.3. The number of ether oxygens (including phenoxy) is 3. The van der Waals surface area contributed by atoms with Gasteiger partial charge in [-0.1, -0.05) is 46.3 Å². The van der Waals surface area contributed by atoms with Crippen molar-refractivity contribution in [2.45, 2.75) is 103 Å². The lowest BCUT2D eigenvalue weighted by Crippen LogP contribution is -2.65. The van der Waals surface area contributed by atoms with Crippen LogP contribution in [0, 0.1) is 11.8 Å². The third-order valence-electron chi connectivity index (χ3n) is 10.8. The van der Waals surface area contributed by atoms with Crippen molar-refractivity contribution in [2.75, 3.05) is 39.7 Å². The van der Waals surface area contributed by atoms with Crippen LogP contribution in [0.5, 0.6) is 11.6 Å². The van der Waals surface area contributed by atoms with Gasteiger partial charge in [0.15, 0.2) is 25.5 Å². The first kappa shape index (κ1) is 39.3. The number of hydrogen-bond donors (Lipinski definition) is 1. The molecule has 2 aromatic rings. The summed E-state index contributed by atoms with van der Waals surface area (Å²) in [7, 11) is 4.50. The normalized spacial score (nSPS) is 23.2. The zero-order valence-corrected chi connectivity index (χ0v) is 34.0. The van der Waals surface area contributed by atoms with Gasteiger partial charge in [-0.2, -0.15) is 0 Å². The van der Waals surface area contributed by atoms with Gasteiger partial charge in [-0.25, -0.2) is 4.79 Å². The van der Waals surface area contributed by atoms with Crippen LogP contribution in [0.1, 0.15) is 99.4 Å². The standard InChI is InChI=1S/C39H55N3O9Si/c1-15-16-19-47-35-28-32(50-40-35)30(42(11)12)29-21(2)22-20-23-24(41(9)10)17-18-25(48-36(46)49-37(3,4)5)26(23)31(43)27(22)33(44)39(29,34(28)45)51-52(13,14)38(6,7)8/h17-18,22,29-30,44H,2,15-16,19-20H2,1,3-14H3/t22-,29-,30-,39-/m0/s1. The number of aromatic nitrogens is 1. The predicted molar refractivity (Wildman–Crippen MR) is 200 cm³/mol. The zero-order chi connectivity index (χ0) is 38.9. The molecule has 0 aliphatic heterocycles. The topological polar surface area (TPSA) is 141 Å². The van der Waals surface area contributed by atoms with Crippen LogP contribution in [0.3, 0.4) is 0 Å². The maximum atomic E-state index is 15.4. The van der Waals surface area contributed by atoms with Crippen LogP contribution in [0.15, 0.2) is 40.1 Å². The molecule has 284 valence electrons. The third kappa shape index (κ3) is 6.38. The van der Waals surface area contributed by atoms with Gasteiger partial charge >= 0.3 is 6.16 Å². The van der Waals surface area contributed by atoms with Gasteiger partial charge in [0.2, 0.25) is 5.78 Å². The highest BCUT2D eigenvalue weighted by molar-refractivity contribution is 6.74. The minimum absolute atomic E-state index is 0.0141. The molecule has 1 heterocycles. The Morgan fingerprint density at radius 3 is 2.31 bits per heavy atom. The van der Waals surface area contributed by atoms with E-state index in [9.17, 15) is 9.90 Å². The van der Waals surface area contributed by atoms with Crippen molar-refractivity contribution in [3.63, 3.8) is 0 Å². The van der Waals surface area contributed by atoms with E-state index in [4.69, 9.17) is 23.2 Å². The van der Waals surface area contributed by atoms with Gasteiger partial charge in [-0.3, -0.25) is 14.5 Å². The van der Waals surface area contributed by atoms with E-state index in [1.165, 1.54) is 0 Å². The summed E-state index contributed by atoms with van der Waals surface area (Å²) >= 11 is 0. The molecule has 0 bridgehead atoms. The molecular weight excluding hydrogens is 683 g/mol. The van der Waals surface area contributed by atoms with Crippen LogP contribution in [0.25, 0.3) is 0 Å². The first-order chi connectivity index (χ1) is 24.0. The molecule has 1 aromatic heterocycles. The summed E-state index contributed by atoms with van der Waals surface area (Å²) in [6.45, 7) is 22.2. The summed E-state index contributed by atoms with van der Waals surface area (Å²) in [6.07, 6.45) is 0.847. The van der Waals surface area contributed by atoms with Crippen LogP contribution in [0.4, 0.5) is 10.5 Å². The van der Waals surface area contributed by atoms with Crippen LogP contribution < -0.4 is 14.4 Å². The molecule has 0 radical (unpaired) electrons. The van der Waals surface area contributed by atoms with Gasteiger partial charge < -0.3 is 33.2 Å². The second-order valence-electron chi connectivity index (χ2n) is 17.1. The molecule has 1 N–H and O–H groups in total. The number of allylic oxidation sites excluding steroid dienone is 1. The number of fused-ring (bicyclic) bond motifs is 4. The van der Waals surface area contributed by atoms with Crippen molar-refractivity contribution < 1.29 is 42.6 Å². The third-order valence-corrected chi connectivity index (χ3v) is 15.2. The summed E-state index contributed by atoms with van der Waals surface area (Å²) in [4.78, 5) is 47.2. The molecule has 52 heavy (non-hydrogen) atoms. The Kier molecular flexibility index (Phi) is 10.2. The van der Waals surface area contributed by atoms with Gasteiger partial charge in [0, 0.05) is 37.2 Å². The second-order valence-corrected chi connectivity index (χ2v) is 21.8. The molecule has 0 amide bonds. The summed E-state index contributed by atoms with van der Waals surface area (Å²) in [5.41, 5.74) is -0.859. The monoisotopic (exact) mass is 737 g/mol. The lowest BCUT2D eigenvalue weighted by atomic mass is 9.56. The largest absolute Gasteiger partial charge is 0.514 e. The smallest absolute Gasteiger partial charge is 0.508 e. The zero-order valence-electron chi connectivity index (χ0n) is 33.0. The fourth-order valence-corrected chi connectivity index (χ4v) is 8.74. The van der Waals surface area contributed by atoms with E-state index in [0.29, 0.717) is 23.5 Å². The fourth-order valence-electron chi connectivity index (χ4n) is 7.32. The number of aliphatic hydroxyl groups excluding tert-OH is 1. The number of carbonyl (C=O) groups is 3. The van der Waals surface area contributed by atoms with Crippen LogP contribution >= 0.6 is 0 Å². The minimum Gasteiger partial charge on any atom is -0.508 e. The summed E-state index contributed by atoms with van der Waals surface area (Å²) in [5.74, 6) is -2.95. The molecule has 0 fully saturated rings. The highest BCUT2D eigenvalue weighted by atomic mass is 28.4. The van der Waals surface area contributed by atoms with Crippen LogP contribution in [-0.2, 0) is 15.6 Å². The molecule has 3 aliphatic rings. The number of hydrogen-bond acceptors (Lipinski definition) is 12. The van der Waals surface area contributed by atoms with Crippen molar-refractivity contribution in [2.24, 2.45) is 11.8 Å². The van der Waals surface area contributed by atoms with Gasteiger partial charge in [-0.05, 0) is 88.7 Å². The number of anilines is 1. The van der Waals surface area contributed by atoms with Crippen molar-refractivity contribution in [3.05, 3.63) is 58.1 Å². The summed E-state index contributed by atoms with van der Waals surface area (Å²) in [5, 5.41) is 16.7. The number of ketones is 2. The number of unbranched alkanes of at least 4 members (excludes halogenated alkanes) is 1. The van der Waals surface area contributed by atoms with Gasteiger partial charge in [0.25, 0.3) is 5.88 Å². The van der Waals surface area contributed by atoms with Crippen molar-refractivity contribution >= 4 is 31.7 Å². The van der Waals surface area contributed by atoms with Crippen molar-refractivity contribution in [1.29, 1.82) is 0 Å². The fraction of sp³-hybridized carbons (Fsp3) is 0.590. The Morgan fingerprint density at radius 2 is 1.75 bits per heavy atom. The molecule has 12 nitrogen and oxygen atoms in total. The quantitative estimate of drug-likeness (QED) is 0.0881. The second kappa shape index (κ2) is 13.5. The average Bonchev–Trinajstić information content (AvgIpc) is 3.42. The van der Waals surface area contributed by atoms with Gasteiger partial charge in [0.1, 0.15) is 22.7 Å². The van der Waals surface area contributed by atoms with Crippen LogP contribution in [-0.4, -0.2) is 87.2 Å². The van der Waals surface area contributed by atoms with E-state index in [1.54, 1.807) is 32.9 Å². The number of rotatable bonds is 9. The number of carbonyl (C=O) groups excluding carboxylic acids is 3. The predicted octanol–water partition coefficient (Wildman–Crippen LogP) is 7.85. The Balaban J connectivity index is 1.82. The Hall–Kier alpha value is -3.94. The molecule has 0 saturated carbocycles. The lowest BCUT2D eigenvalue weighted by Gasteiger charge is -2.56. The lowest BCUT2D eigenvalue weighted by molar-refractivity contribution is -0.0282. The Morgan fingerprint density at radius 1 is 1.10 bits per heavy atom. The minimum atomic E-state index is -2.94. The number of nitrogens with zero attached hydrogens (tertiary/aromatic N) is 3. The van der Waals surface area contributed by atoms with Gasteiger partial charge in [-0.15, -0.1) is 0 Å². The van der Waals surface area contributed by atoms with E-state index in [1.807, 2.05) is 78.8 Å². The first-order valence-electron chi connectivity index (χ1n) is 17.9. The average molecular weight is 738 g/mol. The molecule has 1 aromatic carbocycles. The van der Waals surface area contributed by atoms with E-state index in [-0.39, 0.29) is 34.8 Å². The molecule has 4 atom stereocenters. The van der Waals surface area contributed by atoms with E-state index >= 15 is 9.59 Å². The Bertz CT molecular complexity index is 1830. The number of Topliss-reactive ketones (excluding diaryl/α,β-unsaturated/α-hetero) is 2. The molecule has 5 rings (SSSR count). The molecule has 0 spiro atoms. The maximum absolute atomic E-state index is 15.4.